The molecule has 1 aromatic carbocycles. The average molecular weight is 219 g/mol. The van der Waals surface area contributed by atoms with E-state index in [-0.39, 0.29) is 0 Å². The van der Waals surface area contributed by atoms with Gasteiger partial charge in [0.05, 0.1) is 0 Å². The summed E-state index contributed by atoms with van der Waals surface area (Å²) in [6, 6.07) is 6.41. The Kier molecular flexibility index (Phi) is 6.65. The Morgan fingerprint density at radius 2 is 1.62 bits per heavy atom. The van der Waals surface area contributed by atoms with Crippen molar-refractivity contribution in [2.75, 3.05) is 0 Å². The Balaban J connectivity index is 0.000000424. The summed E-state index contributed by atoms with van der Waals surface area (Å²) in [5.74, 6) is 0. The summed E-state index contributed by atoms with van der Waals surface area (Å²) < 4.78 is 0. The smallest absolute Gasteiger partial charge is 0.252 e. The van der Waals surface area contributed by atoms with Gasteiger partial charge in [-0.15, -0.1) is 0 Å². The van der Waals surface area contributed by atoms with Gasteiger partial charge in [-0.3, -0.25) is 4.79 Å². The van der Waals surface area contributed by atoms with Crippen LogP contribution < -0.4 is 0 Å². The molecule has 0 amide bonds. The predicted molar refractivity (Wildman–Crippen MR) is 57.6 cm³/mol. The Bertz CT molecular complexity index is 254. The van der Waals surface area contributed by atoms with Crippen LogP contribution in [0.3, 0.4) is 0 Å². The number of rotatable bonds is 1. The van der Waals surface area contributed by atoms with Crippen LogP contribution in [-0.2, 0) is 0 Å². The fourth-order valence-electron chi connectivity index (χ4n) is 0.581. The lowest BCUT2D eigenvalue weighted by Crippen LogP contribution is -1.85. The summed E-state index contributed by atoms with van der Waals surface area (Å²) in [7, 11) is 0. The second-order valence-electron chi connectivity index (χ2n) is 2.49. The van der Waals surface area contributed by atoms with Crippen LogP contribution in [0, 0.1) is 0 Å². The second kappa shape index (κ2) is 6.93. The quantitative estimate of drug-likeness (QED) is 0.649. The molecule has 72 valence electrons. The zero-order valence-electron chi connectivity index (χ0n) is 7.68. The minimum absolute atomic E-state index is 0.461. The lowest BCUT2D eigenvalue weighted by Gasteiger charge is -1.91. The minimum Gasteiger partial charge on any atom is -0.276 e. The SMILES string of the molecule is CCC.O=C(Cl)c1ccc(Cl)cc1. The highest BCUT2D eigenvalue weighted by molar-refractivity contribution is 6.67. The van der Waals surface area contributed by atoms with Crippen LogP contribution in [0.5, 0.6) is 0 Å². The zero-order valence-corrected chi connectivity index (χ0v) is 9.19. The first kappa shape index (κ1) is 12.5. The molecule has 0 heterocycles. The lowest BCUT2D eigenvalue weighted by atomic mass is 10.2. The molecule has 0 unspecified atom stereocenters. The van der Waals surface area contributed by atoms with Gasteiger partial charge in [0.2, 0.25) is 0 Å². The number of halogens is 2. The molecule has 0 aliphatic rings. The van der Waals surface area contributed by atoms with E-state index in [9.17, 15) is 4.79 Å². The maximum atomic E-state index is 10.5. The Morgan fingerprint density at radius 3 is 1.92 bits per heavy atom. The standard InChI is InChI=1S/C7H4Cl2O.C3H8/c8-6-3-1-5(2-4-6)7(9)10;1-3-2/h1-4H;3H2,1-2H3. The first-order valence-corrected chi connectivity index (χ1v) is 4.82. The molecule has 13 heavy (non-hydrogen) atoms. The molecule has 0 bridgehead atoms. The molecule has 0 spiro atoms. The molecular formula is C10H12Cl2O. The van der Waals surface area contributed by atoms with Crippen LogP contribution in [0.2, 0.25) is 5.02 Å². The molecule has 1 nitrogen and oxygen atoms in total. The zero-order chi connectivity index (χ0) is 10.3. The number of hydrogen-bond acceptors (Lipinski definition) is 1. The van der Waals surface area contributed by atoms with Crippen LogP contribution >= 0.6 is 23.2 Å². The van der Waals surface area contributed by atoms with Gasteiger partial charge in [-0.05, 0) is 35.9 Å². The van der Waals surface area contributed by atoms with E-state index >= 15 is 0 Å². The van der Waals surface area contributed by atoms with E-state index in [1.165, 1.54) is 6.42 Å². The number of hydrogen-bond donors (Lipinski definition) is 0. The van der Waals surface area contributed by atoms with Crippen molar-refractivity contribution in [2.45, 2.75) is 20.3 Å². The van der Waals surface area contributed by atoms with Gasteiger partial charge < -0.3 is 0 Å². The number of carbonyl (C=O) groups is 1. The first-order valence-electron chi connectivity index (χ1n) is 4.07. The Morgan fingerprint density at radius 1 is 1.23 bits per heavy atom. The third-order valence-corrected chi connectivity index (χ3v) is 1.54. The summed E-state index contributed by atoms with van der Waals surface area (Å²) in [6.07, 6.45) is 1.25. The molecule has 0 atom stereocenters. The average Bonchev–Trinajstić information content (AvgIpc) is 2.06. The third kappa shape index (κ3) is 5.67. The van der Waals surface area contributed by atoms with Gasteiger partial charge in [-0.2, -0.15) is 0 Å². The van der Waals surface area contributed by atoms with Gasteiger partial charge in [-0.25, -0.2) is 0 Å². The predicted octanol–water partition coefficient (Wildman–Crippen LogP) is 4.14. The second-order valence-corrected chi connectivity index (χ2v) is 3.27. The Hall–Kier alpha value is -0.530. The number of benzene rings is 1. The summed E-state index contributed by atoms with van der Waals surface area (Å²) >= 11 is 10.7. The van der Waals surface area contributed by atoms with Crippen molar-refractivity contribution in [1.29, 1.82) is 0 Å². The van der Waals surface area contributed by atoms with E-state index in [1.807, 2.05) is 0 Å². The maximum absolute atomic E-state index is 10.5. The van der Waals surface area contributed by atoms with Crippen LogP contribution in [0.4, 0.5) is 0 Å². The molecule has 1 rings (SSSR count). The van der Waals surface area contributed by atoms with E-state index in [1.54, 1.807) is 24.3 Å². The fraction of sp³-hybridized carbons (Fsp3) is 0.300. The molecule has 0 aromatic heterocycles. The van der Waals surface area contributed by atoms with Gasteiger partial charge in [0.15, 0.2) is 0 Å². The normalized spacial score (nSPS) is 8.62. The molecular weight excluding hydrogens is 207 g/mol. The summed E-state index contributed by atoms with van der Waals surface area (Å²) in [5.41, 5.74) is 0.464. The molecule has 0 saturated heterocycles. The van der Waals surface area contributed by atoms with Crippen molar-refractivity contribution in [3.8, 4) is 0 Å². The highest BCUT2D eigenvalue weighted by Crippen LogP contribution is 2.10. The molecule has 0 N–H and O–H groups in total. The summed E-state index contributed by atoms with van der Waals surface area (Å²) in [4.78, 5) is 10.5. The Labute approximate surface area is 88.7 Å². The van der Waals surface area contributed by atoms with E-state index in [2.05, 4.69) is 13.8 Å². The van der Waals surface area contributed by atoms with E-state index in [0.717, 1.165) is 0 Å². The van der Waals surface area contributed by atoms with E-state index < -0.39 is 5.24 Å². The highest BCUT2D eigenvalue weighted by atomic mass is 35.5. The monoisotopic (exact) mass is 218 g/mol. The highest BCUT2D eigenvalue weighted by Gasteiger charge is 1.98. The fourth-order valence-corrected chi connectivity index (χ4v) is 0.833. The van der Waals surface area contributed by atoms with Gasteiger partial charge in [0.25, 0.3) is 5.24 Å². The van der Waals surface area contributed by atoms with Crippen LogP contribution in [0.15, 0.2) is 24.3 Å². The summed E-state index contributed by atoms with van der Waals surface area (Å²) in [6.45, 7) is 4.25. The molecule has 0 saturated carbocycles. The lowest BCUT2D eigenvalue weighted by molar-refractivity contribution is 0.108. The van der Waals surface area contributed by atoms with E-state index in [0.29, 0.717) is 10.6 Å². The van der Waals surface area contributed by atoms with Crippen molar-refractivity contribution in [2.24, 2.45) is 0 Å². The van der Waals surface area contributed by atoms with Gasteiger partial charge >= 0.3 is 0 Å². The molecule has 1 aromatic rings. The van der Waals surface area contributed by atoms with Crippen molar-refractivity contribution < 1.29 is 4.79 Å². The van der Waals surface area contributed by atoms with Crippen molar-refractivity contribution in [1.82, 2.24) is 0 Å². The number of carbonyl (C=O) groups excluding carboxylic acids is 1. The molecule has 0 fully saturated rings. The molecule has 3 heteroatoms. The largest absolute Gasteiger partial charge is 0.276 e. The van der Waals surface area contributed by atoms with Gasteiger partial charge in [0.1, 0.15) is 0 Å². The topological polar surface area (TPSA) is 17.1 Å². The van der Waals surface area contributed by atoms with Crippen molar-refractivity contribution >= 4 is 28.4 Å². The minimum atomic E-state index is -0.461. The van der Waals surface area contributed by atoms with Gasteiger partial charge in [-0.1, -0.05) is 31.9 Å². The van der Waals surface area contributed by atoms with Crippen LogP contribution in [0.1, 0.15) is 30.6 Å². The maximum Gasteiger partial charge on any atom is 0.252 e. The van der Waals surface area contributed by atoms with Crippen LogP contribution in [0.25, 0.3) is 0 Å². The molecule has 0 aliphatic carbocycles. The van der Waals surface area contributed by atoms with Crippen molar-refractivity contribution in [3.63, 3.8) is 0 Å². The molecule has 0 aliphatic heterocycles. The van der Waals surface area contributed by atoms with Gasteiger partial charge in [0, 0.05) is 10.6 Å². The third-order valence-electron chi connectivity index (χ3n) is 1.07. The summed E-state index contributed by atoms with van der Waals surface area (Å²) in [5, 5.41) is 0.137. The van der Waals surface area contributed by atoms with Crippen LogP contribution in [-0.4, -0.2) is 5.24 Å². The molecule has 0 radical (unpaired) electrons. The van der Waals surface area contributed by atoms with E-state index in [4.69, 9.17) is 23.2 Å². The first-order chi connectivity index (χ1) is 6.11. The van der Waals surface area contributed by atoms with Crippen molar-refractivity contribution in [3.05, 3.63) is 34.9 Å².